The van der Waals surface area contributed by atoms with Gasteiger partial charge in [0.1, 0.15) is 0 Å². The van der Waals surface area contributed by atoms with Crippen LogP contribution in [0.15, 0.2) is 224 Å². The van der Waals surface area contributed by atoms with Crippen molar-refractivity contribution in [2.24, 2.45) is 0 Å². The van der Waals surface area contributed by atoms with E-state index in [9.17, 15) is 0 Å². The summed E-state index contributed by atoms with van der Waals surface area (Å²) in [5.74, 6) is 0.551. The summed E-state index contributed by atoms with van der Waals surface area (Å²) in [4.78, 5) is 0. The van der Waals surface area contributed by atoms with Crippen molar-refractivity contribution < 1.29 is 0 Å². The van der Waals surface area contributed by atoms with E-state index < -0.39 is 8.07 Å². The number of nitrogens with zero attached hydrogens (tertiary/aromatic N) is 2. The summed E-state index contributed by atoms with van der Waals surface area (Å²) in [7, 11) is -2.81. The summed E-state index contributed by atoms with van der Waals surface area (Å²) in [5, 5.41) is 10.7. The van der Waals surface area contributed by atoms with Gasteiger partial charge in [-0.1, -0.05) is 201 Å². The lowest BCUT2D eigenvalue weighted by molar-refractivity contribution is 0.445. The van der Waals surface area contributed by atoms with Crippen LogP contribution < -0.4 is 20.7 Å². The van der Waals surface area contributed by atoms with Crippen LogP contribution in [0, 0.1) is 0 Å². The van der Waals surface area contributed by atoms with Crippen LogP contribution in [0.2, 0.25) is 0 Å². The molecule has 2 aromatic heterocycles. The van der Waals surface area contributed by atoms with Crippen molar-refractivity contribution in [1.82, 2.24) is 9.13 Å². The molecule has 0 unspecified atom stereocenters. The fourth-order valence-corrected chi connectivity index (χ4v) is 16.0. The highest BCUT2D eigenvalue weighted by atomic mass is 28.3. The molecule has 1 fully saturated rings. The fourth-order valence-electron chi connectivity index (χ4n) is 11.2. The van der Waals surface area contributed by atoms with Crippen LogP contribution in [-0.4, -0.2) is 17.2 Å². The van der Waals surface area contributed by atoms with Gasteiger partial charge >= 0.3 is 0 Å². The molecule has 0 radical (unpaired) electrons. The molecule has 2 nitrogen and oxygen atoms in total. The van der Waals surface area contributed by atoms with E-state index in [1.165, 1.54) is 125 Å². The lowest BCUT2D eigenvalue weighted by Gasteiger charge is -2.35. The van der Waals surface area contributed by atoms with Crippen molar-refractivity contribution in [1.29, 1.82) is 0 Å². The number of benzene rings is 9. The highest BCUT2D eigenvalue weighted by Crippen LogP contribution is 2.42. The molecule has 0 amide bonds. The molecule has 9 aromatic carbocycles. The molecule has 12 rings (SSSR count). The van der Waals surface area contributed by atoms with Gasteiger partial charge in [0, 0.05) is 32.9 Å². The second-order valence-electron chi connectivity index (χ2n) is 17.5. The molecule has 63 heavy (non-hydrogen) atoms. The SMILES string of the molecule is c1ccc(-c2cccc([Si](c3ccccc3)(c3ccccc3)c3ccc(-n4c5ccc(-n6c7ccccc7c7ccccc76)cc5c5cccc(C6CCCCC6)c54)cc3)c2)cc1. The van der Waals surface area contributed by atoms with Gasteiger partial charge in [0.15, 0.2) is 8.07 Å². The van der Waals surface area contributed by atoms with Gasteiger partial charge in [-0.05, 0) is 98.7 Å². The molecule has 302 valence electrons. The van der Waals surface area contributed by atoms with E-state index in [-0.39, 0.29) is 0 Å². The predicted molar refractivity (Wildman–Crippen MR) is 270 cm³/mol. The maximum absolute atomic E-state index is 2.81. The third-order valence-corrected chi connectivity index (χ3v) is 18.8. The number of rotatable bonds is 8. The first-order valence-electron chi connectivity index (χ1n) is 22.7. The van der Waals surface area contributed by atoms with Gasteiger partial charge in [-0.2, -0.15) is 0 Å². The van der Waals surface area contributed by atoms with Crippen LogP contribution in [0.4, 0.5) is 0 Å². The van der Waals surface area contributed by atoms with Gasteiger partial charge in [-0.25, -0.2) is 0 Å². The maximum atomic E-state index is 2.60. The van der Waals surface area contributed by atoms with E-state index in [0.717, 1.165) is 0 Å². The Hall–Kier alpha value is -7.20. The van der Waals surface area contributed by atoms with Crippen molar-refractivity contribution in [3.63, 3.8) is 0 Å². The molecule has 3 heteroatoms. The first-order valence-corrected chi connectivity index (χ1v) is 24.7. The molecule has 0 aliphatic heterocycles. The maximum Gasteiger partial charge on any atom is 0.179 e. The van der Waals surface area contributed by atoms with Gasteiger partial charge in [-0.3, -0.25) is 0 Å². The quantitative estimate of drug-likeness (QED) is 0.107. The number of hydrogen-bond acceptors (Lipinski definition) is 0. The second kappa shape index (κ2) is 15.6. The minimum atomic E-state index is -2.81. The van der Waals surface area contributed by atoms with E-state index in [1.807, 2.05) is 0 Å². The monoisotopic (exact) mass is 824 g/mol. The van der Waals surface area contributed by atoms with Crippen molar-refractivity contribution in [2.45, 2.75) is 38.0 Å². The zero-order valence-electron chi connectivity index (χ0n) is 35.4. The van der Waals surface area contributed by atoms with Crippen molar-refractivity contribution in [2.75, 3.05) is 0 Å². The first kappa shape index (κ1) is 37.5. The highest BCUT2D eigenvalue weighted by molar-refractivity contribution is 7.19. The van der Waals surface area contributed by atoms with Crippen LogP contribution in [0.25, 0.3) is 66.1 Å². The van der Waals surface area contributed by atoms with E-state index in [2.05, 4.69) is 234 Å². The molecule has 1 saturated carbocycles. The Labute approximate surface area is 370 Å². The van der Waals surface area contributed by atoms with Gasteiger partial charge in [-0.15, -0.1) is 0 Å². The first-order chi connectivity index (χ1) is 31.3. The molecule has 0 atom stereocenters. The van der Waals surface area contributed by atoms with Crippen molar-refractivity contribution in [3.8, 4) is 22.5 Å². The number of para-hydroxylation sites is 3. The third kappa shape index (κ3) is 6.13. The fraction of sp³-hybridized carbons (Fsp3) is 0.100. The Morgan fingerprint density at radius 3 is 1.51 bits per heavy atom. The average Bonchev–Trinajstić information content (AvgIpc) is 3.88. The minimum absolute atomic E-state index is 0.551. The second-order valence-corrected chi connectivity index (χ2v) is 21.3. The summed E-state index contributed by atoms with van der Waals surface area (Å²) >= 11 is 0. The summed E-state index contributed by atoms with van der Waals surface area (Å²) in [5.41, 5.74) is 11.4. The lowest BCUT2D eigenvalue weighted by Crippen LogP contribution is -2.74. The average molecular weight is 825 g/mol. The van der Waals surface area contributed by atoms with Crippen LogP contribution in [0.5, 0.6) is 0 Å². The van der Waals surface area contributed by atoms with Gasteiger partial charge < -0.3 is 9.13 Å². The molecule has 1 aliphatic rings. The minimum Gasteiger partial charge on any atom is -0.309 e. The van der Waals surface area contributed by atoms with Crippen LogP contribution >= 0.6 is 0 Å². The third-order valence-electron chi connectivity index (χ3n) is 14.1. The van der Waals surface area contributed by atoms with E-state index in [0.29, 0.717) is 5.92 Å². The molecule has 0 bridgehead atoms. The van der Waals surface area contributed by atoms with E-state index in [4.69, 9.17) is 0 Å². The largest absolute Gasteiger partial charge is 0.309 e. The Morgan fingerprint density at radius 1 is 0.333 bits per heavy atom. The van der Waals surface area contributed by atoms with Crippen molar-refractivity contribution in [3.05, 3.63) is 230 Å². The molecule has 0 saturated heterocycles. The molecule has 11 aromatic rings. The van der Waals surface area contributed by atoms with Gasteiger partial charge in [0.2, 0.25) is 0 Å². The number of hydrogen-bond donors (Lipinski definition) is 0. The zero-order chi connectivity index (χ0) is 41.7. The topological polar surface area (TPSA) is 9.86 Å². The summed E-state index contributed by atoms with van der Waals surface area (Å²) in [6.45, 7) is 0. The summed E-state index contributed by atoms with van der Waals surface area (Å²) in [6.07, 6.45) is 6.42. The Morgan fingerprint density at radius 2 is 0.841 bits per heavy atom. The molecule has 0 N–H and O–H groups in total. The standard InChI is InChI=1S/C60H48N2Si/c1-5-19-43(20-6-1)45-23-17-28-51(41-45)63(48-24-9-3-10-25-48,49-26-11-4-12-27-49)50-38-35-46(36-39-50)62-59-40-37-47(61-57-33-15-13-29-53(57)54-30-14-16-34-58(54)61)42-56(59)55-32-18-31-52(60(55)62)44-21-7-2-8-22-44/h1,3-6,9-20,23-42,44H,2,7-8,21-22H2. The normalized spacial score (nSPS) is 13.7. The molecule has 2 heterocycles. The van der Waals surface area contributed by atoms with E-state index >= 15 is 0 Å². The van der Waals surface area contributed by atoms with Crippen LogP contribution in [-0.2, 0) is 0 Å². The van der Waals surface area contributed by atoms with Gasteiger partial charge in [0.05, 0.1) is 22.1 Å². The molecular formula is C60H48N2Si. The Bertz CT molecular complexity index is 3320. The van der Waals surface area contributed by atoms with Crippen LogP contribution in [0.3, 0.4) is 0 Å². The molecule has 0 spiro atoms. The van der Waals surface area contributed by atoms with E-state index in [1.54, 1.807) is 0 Å². The highest BCUT2D eigenvalue weighted by Gasteiger charge is 2.41. The Balaban J connectivity index is 1.09. The Kier molecular flexibility index (Phi) is 9.30. The predicted octanol–water partition coefficient (Wildman–Crippen LogP) is 13.0. The molecular weight excluding hydrogens is 777 g/mol. The lowest BCUT2D eigenvalue weighted by atomic mass is 9.83. The smallest absolute Gasteiger partial charge is 0.179 e. The number of fused-ring (bicyclic) bond motifs is 6. The summed E-state index contributed by atoms with van der Waals surface area (Å²) < 4.78 is 5.05. The summed E-state index contributed by atoms with van der Waals surface area (Å²) in [6, 6.07) is 84.5. The number of aromatic nitrogens is 2. The van der Waals surface area contributed by atoms with Crippen LogP contribution in [0.1, 0.15) is 43.6 Å². The van der Waals surface area contributed by atoms with Gasteiger partial charge in [0.25, 0.3) is 0 Å². The van der Waals surface area contributed by atoms with Crippen molar-refractivity contribution >= 4 is 72.4 Å². The molecule has 1 aliphatic carbocycles. The zero-order valence-corrected chi connectivity index (χ0v) is 36.4.